The number of benzene rings is 2. The molecule has 1 saturated heterocycles. The molecule has 0 radical (unpaired) electrons. The second-order valence-corrected chi connectivity index (χ2v) is 9.10. The molecule has 5 rings (SSSR count). The fourth-order valence-corrected chi connectivity index (χ4v) is 5.13. The molecule has 180 valence electrons. The van der Waals surface area contributed by atoms with E-state index in [9.17, 15) is 9.59 Å². The van der Waals surface area contributed by atoms with E-state index in [0.717, 1.165) is 16.9 Å². The number of amides is 2. The van der Waals surface area contributed by atoms with Crippen LogP contribution in [-0.4, -0.2) is 64.5 Å². The van der Waals surface area contributed by atoms with Crippen molar-refractivity contribution in [3.05, 3.63) is 58.7 Å². The highest BCUT2D eigenvalue weighted by Crippen LogP contribution is 2.46. The first-order valence-electron chi connectivity index (χ1n) is 11.7. The summed E-state index contributed by atoms with van der Waals surface area (Å²) in [7, 11) is 3.21. The topological polar surface area (TPSA) is 95.1 Å². The Bertz CT molecular complexity index is 1090. The summed E-state index contributed by atoms with van der Waals surface area (Å²) in [6.07, 6.45) is -0.217. The van der Waals surface area contributed by atoms with Crippen LogP contribution in [0.3, 0.4) is 0 Å². The number of hydrogen-bond acceptors (Lipinski definition) is 6. The van der Waals surface area contributed by atoms with Gasteiger partial charge in [0.2, 0.25) is 0 Å². The maximum absolute atomic E-state index is 13.2. The van der Waals surface area contributed by atoms with E-state index in [1.807, 2.05) is 37.3 Å². The maximum atomic E-state index is 13.2. The number of ether oxygens (including phenoxy) is 4. The van der Waals surface area contributed by atoms with E-state index in [1.54, 1.807) is 20.2 Å². The normalized spacial score (nSPS) is 26.3. The fourth-order valence-electron chi connectivity index (χ4n) is 5.13. The first-order chi connectivity index (χ1) is 16.5. The number of nitrogens with one attached hydrogen (secondary N) is 2. The summed E-state index contributed by atoms with van der Waals surface area (Å²) in [5.74, 6) is 1.44. The average molecular weight is 467 g/mol. The zero-order valence-electron chi connectivity index (χ0n) is 19.6. The first kappa shape index (κ1) is 22.7. The SMILES string of the molecule is CNC(=O)c1cc(C(=O)N[C@H]2[C@@H]3COC[C@@H]32)cc2c1O[C@H](C)[C@@H]2c1cccc(OCCOC)c1. The molecule has 8 heteroatoms. The zero-order valence-corrected chi connectivity index (χ0v) is 19.6. The Morgan fingerprint density at radius 3 is 2.62 bits per heavy atom. The number of carbonyl (C=O) groups excluding carboxylic acids is 2. The second kappa shape index (κ2) is 9.27. The van der Waals surface area contributed by atoms with Crippen molar-refractivity contribution in [3.8, 4) is 11.5 Å². The second-order valence-electron chi connectivity index (χ2n) is 9.10. The third-order valence-corrected chi connectivity index (χ3v) is 6.98. The van der Waals surface area contributed by atoms with Gasteiger partial charge in [0.05, 0.1) is 25.4 Å². The third kappa shape index (κ3) is 4.12. The summed E-state index contributed by atoms with van der Waals surface area (Å²) in [5, 5.41) is 5.80. The molecular formula is C26H30N2O6. The highest BCUT2D eigenvalue weighted by atomic mass is 16.5. The van der Waals surface area contributed by atoms with E-state index in [1.165, 1.54) is 0 Å². The Kier molecular flexibility index (Phi) is 6.18. The fraction of sp³-hybridized carbons (Fsp3) is 0.462. The van der Waals surface area contributed by atoms with Gasteiger partial charge < -0.3 is 29.6 Å². The smallest absolute Gasteiger partial charge is 0.254 e. The maximum Gasteiger partial charge on any atom is 0.254 e. The van der Waals surface area contributed by atoms with E-state index < -0.39 is 0 Å². The molecule has 2 N–H and O–H groups in total. The van der Waals surface area contributed by atoms with Crippen LogP contribution in [0.4, 0.5) is 0 Å². The Morgan fingerprint density at radius 1 is 1.09 bits per heavy atom. The van der Waals surface area contributed by atoms with Crippen LogP contribution < -0.4 is 20.1 Å². The molecule has 0 bridgehead atoms. The van der Waals surface area contributed by atoms with Crippen LogP contribution in [0.25, 0.3) is 0 Å². The van der Waals surface area contributed by atoms with Crippen LogP contribution >= 0.6 is 0 Å². The van der Waals surface area contributed by atoms with Crippen molar-refractivity contribution < 1.29 is 28.5 Å². The van der Waals surface area contributed by atoms with Gasteiger partial charge in [0.25, 0.3) is 11.8 Å². The van der Waals surface area contributed by atoms with Crippen molar-refractivity contribution >= 4 is 11.8 Å². The number of rotatable bonds is 8. The predicted molar refractivity (Wildman–Crippen MR) is 125 cm³/mol. The van der Waals surface area contributed by atoms with E-state index in [4.69, 9.17) is 18.9 Å². The van der Waals surface area contributed by atoms with Crippen molar-refractivity contribution in [1.82, 2.24) is 10.6 Å². The lowest BCUT2D eigenvalue weighted by atomic mass is 9.86. The van der Waals surface area contributed by atoms with Crippen LogP contribution in [0.2, 0.25) is 0 Å². The molecule has 5 atom stereocenters. The van der Waals surface area contributed by atoms with E-state index >= 15 is 0 Å². The summed E-state index contributed by atoms with van der Waals surface area (Å²) >= 11 is 0. The molecule has 2 aliphatic heterocycles. The summed E-state index contributed by atoms with van der Waals surface area (Å²) in [4.78, 5) is 25.9. The van der Waals surface area contributed by atoms with Crippen LogP contribution in [-0.2, 0) is 9.47 Å². The molecule has 34 heavy (non-hydrogen) atoms. The van der Waals surface area contributed by atoms with Gasteiger partial charge in [-0.1, -0.05) is 12.1 Å². The summed E-state index contributed by atoms with van der Waals surface area (Å²) in [5.41, 5.74) is 2.65. The van der Waals surface area contributed by atoms with Crippen molar-refractivity contribution in [2.75, 3.05) is 40.6 Å². The van der Waals surface area contributed by atoms with Crippen LogP contribution in [0.15, 0.2) is 36.4 Å². The van der Waals surface area contributed by atoms with Gasteiger partial charge in [-0.3, -0.25) is 9.59 Å². The molecule has 1 aliphatic carbocycles. The first-order valence-corrected chi connectivity index (χ1v) is 11.7. The van der Waals surface area contributed by atoms with Crippen molar-refractivity contribution in [2.45, 2.75) is 25.0 Å². The lowest BCUT2D eigenvalue weighted by molar-refractivity contribution is 0.0928. The number of hydrogen-bond donors (Lipinski definition) is 2. The van der Waals surface area contributed by atoms with Crippen LogP contribution in [0.5, 0.6) is 11.5 Å². The van der Waals surface area contributed by atoms with Crippen LogP contribution in [0.1, 0.15) is 44.7 Å². The molecule has 2 amide bonds. The van der Waals surface area contributed by atoms with Gasteiger partial charge in [0.1, 0.15) is 24.2 Å². The molecule has 0 spiro atoms. The quantitative estimate of drug-likeness (QED) is 0.580. The minimum absolute atomic E-state index is 0.143. The average Bonchev–Trinajstić information content (AvgIpc) is 3.15. The number of methoxy groups -OCH3 is 1. The molecule has 3 aliphatic rings. The number of fused-ring (bicyclic) bond motifs is 2. The van der Waals surface area contributed by atoms with Gasteiger partial charge in [-0.2, -0.15) is 0 Å². The minimum Gasteiger partial charge on any atom is -0.491 e. The van der Waals surface area contributed by atoms with Gasteiger partial charge >= 0.3 is 0 Å². The largest absolute Gasteiger partial charge is 0.491 e. The summed E-state index contributed by atoms with van der Waals surface area (Å²) in [6, 6.07) is 11.5. The molecule has 8 nitrogen and oxygen atoms in total. The Hall–Kier alpha value is -3.10. The number of carbonyl (C=O) groups is 2. The minimum atomic E-state index is -0.285. The standard InChI is InChI=1S/C26H30N2O6/c1-14-22(15-5-4-6-17(9-15)33-8-7-31-3)18-10-16(11-19(24(18)34-14)26(30)27-2)25(29)28-23-20-12-32-13-21(20)23/h4-6,9-11,14,20-23H,7-8,12-13H2,1-3H3,(H,27,30)(H,28,29)/t14-,20-,21+,22-,23+/m1/s1. The van der Waals surface area contributed by atoms with E-state index in [2.05, 4.69) is 10.6 Å². The Labute approximate surface area is 198 Å². The lowest BCUT2D eigenvalue weighted by Crippen LogP contribution is -2.30. The third-order valence-electron chi connectivity index (χ3n) is 6.98. The van der Waals surface area contributed by atoms with Gasteiger partial charge in [0.15, 0.2) is 0 Å². The van der Waals surface area contributed by atoms with Gasteiger partial charge in [-0.05, 0) is 36.8 Å². The molecular weight excluding hydrogens is 436 g/mol. The molecule has 2 aromatic rings. The Morgan fingerprint density at radius 2 is 1.88 bits per heavy atom. The highest BCUT2D eigenvalue weighted by molar-refractivity contribution is 6.02. The molecule has 2 heterocycles. The molecule has 0 aromatic heterocycles. The van der Waals surface area contributed by atoms with Gasteiger partial charge in [0, 0.05) is 49.1 Å². The van der Waals surface area contributed by atoms with E-state index in [-0.39, 0.29) is 29.9 Å². The molecule has 2 aromatic carbocycles. The zero-order chi connectivity index (χ0) is 23.8. The summed E-state index contributed by atoms with van der Waals surface area (Å²) < 4.78 is 22.5. The van der Waals surface area contributed by atoms with E-state index in [0.29, 0.717) is 55.1 Å². The predicted octanol–water partition coefficient (Wildman–Crippen LogP) is 2.36. The molecule has 2 fully saturated rings. The monoisotopic (exact) mass is 466 g/mol. The van der Waals surface area contributed by atoms with Crippen molar-refractivity contribution in [1.29, 1.82) is 0 Å². The van der Waals surface area contributed by atoms with Crippen LogP contribution in [0, 0.1) is 11.8 Å². The van der Waals surface area contributed by atoms with Gasteiger partial charge in [-0.25, -0.2) is 0 Å². The molecule has 1 saturated carbocycles. The molecule has 0 unspecified atom stereocenters. The van der Waals surface area contributed by atoms with Crippen molar-refractivity contribution in [2.24, 2.45) is 11.8 Å². The highest BCUT2D eigenvalue weighted by Gasteiger charge is 2.54. The van der Waals surface area contributed by atoms with Gasteiger partial charge in [-0.15, -0.1) is 0 Å². The van der Waals surface area contributed by atoms with Crippen molar-refractivity contribution in [3.63, 3.8) is 0 Å². The lowest BCUT2D eigenvalue weighted by Gasteiger charge is -2.17. The Balaban J connectivity index is 1.47. The summed E-state index contributed by atoms with van der Waals surface area (Å²) in [6.45, 7) is 4.31.